The van der Waals surface area contributed by atoms with Crippen molar-refractivity contribution in [3.05, 3.63) is 29.5 Å². The fourth-order valence-electron chi connectivity index (χ4n) is 2.40. The molecule has 0 bridgehead atoms. The zero-order chi connectivity index (χ0) is 16.4. The van der Waals surface area contributed by atoms with Crippen molar-refractivity contribution in [3.8, 4) is 11.5 Å². The molecule has 2 aliphatic rings. The minimum absolute atomic E-state index is 0.0296. The minimum atomic E-state index is -0.647. The molecule has 8 heteroatoms. The molecule has 8 nitrogen and oxygen atoms in total. The summed E-state index contributed by atoms with van der Waals surface area (Å²) in [6.07, 6.45) is 0. The molecular weight excluding hydrogens is 306 g/mol. The van der Waals surface area contributed by atoms with Crippen molar-refractivity contribution >= 4 is 17.6 Å². The van der Waals surface area contributed by atoms with Crippen molar-refractivity contribution < 1.29 is 33.3 Å². The Labute approximate surface area is 132 Å². The van der Waals surface area contributed by atoms with Crippen LogP contribution in [0.2, 0.25) is 0 Å². The highest BCUT2D eigenvalue weighted by molar-refractivity contribution is 6.03. The molecule has 1 aromatic rings. The maximum Gasteiger partial charge on any atom is 0.355 e. The van der Waals surface area contributed by atoms with Crippen LogP contribution in [0.3, 0.4) is 0 Å². The van der Waals surface area contributed by atoms with Crippen molar-refractivity contribution in [1.82, 2.24) is 0 Å². The molecule has 1 aromatic carbocycles. The Morgan fingerprint density at radius 2 is 1.83 bits per heavy atom. The lowest BCUT2D eigenvalue weighted by Gasteiger charge is -2.31. The average molecular weight is 321 g/mol. The highest BCUT2D eigenvalue weighted by Gasteiger charge is 2.33. The molecule has 0 saturated heterocycles. The van der Waals surface area contributed by atoms with Gasteiger partial charge in [-0.2, -0.15) is 0 Å². The quantitative estimate of drug-likeness (QED) is 0.756. The zero-order valence-corrected chi connectivity index (χ0v) is 12.7. The largest absolute Gasteiger partial charge is 0.466 e. The number of hydrogen-bond donors (Lipinski definition) is 0. The maximum atomic E-state index is 12.2. The number of hydrogen-bond acceptors (Lipinski definition) is 8. The summed E-state index contributed by atoms with van der Waals surface area (Å²) in [5.41, 5.74) is 0.795. The van der Waals surface area contributed by atoms with Gasteiger partial charge >= 0.3 is 11.9 Å². The smallest absolute Gasteiger partial charge is 0.355 e. The summed E-state index contributed by atoms with van der Waals surface area (Å²) < 4.78 is 25.5. The molecule has 0 radical (unpaired) electrons. The summed E-state index contributed by atoms with van der Waals surface area (Å²) in [7, 11) is 2.49. The number of anilines is 1. The van der Waals surface area contributed by atoms with E-state index in [1.165, 1.54) is 19.1 Å². The van der Waals surface area contributed by atoms with Gasteiger partial charge in [-0.25, -0.2) is 9.59 Å². The van der Waals surface area contributed by atoms with E-state index in [4.69, 9.17) is 23.7 Å². The van der Waals surface area contributed by atoms with Crippen molar-refractivity contribution in [3.63, 3.8) is 0 Å². The van der Waals surface area contributed by atoms with Gasteiger partial charge in [-0.15, -0.1) is 0 Å². The lowest BCUT2D eigenvalue weighted by molar-refractivity contribution is -0.140. The van der Waals surface area contributed by atoms with Gasteiger partial charge in [0.05, 0.1) is 26.4 Å². The van der Waals surface area contributed by atoms with Gasteiger partial charge in [-0.3, -0.25) is 0 Å². The van der Waals surface area contributed by atoms with E-state index in [0.29, 0.717) is 17.2 Å². The third kappa shape index (κ3) is 2.68. The molecule has 0 aliphatic carbocycles. The second-order valence-electron chi connectivity index (χ2n) is 4.75. The lowest BCUT2D eigenvalue weighted by Crippen LogP contribution is -2.38. The van der Waals surface area contributed by atoms with Crippen LogP contribution >= 0.6 is 0 Å². The number of rotatable bonds is 3. The van der Waals surface area contributed by atoms with E-state index in [2.05, 4.69) is 0 Å². The van der Waals surface area contributed by atoms with Gasteiger partial charge in [-0.05, 0) is 12.1 Å². The summed E-state index contributed by atoms with van der Waals surface area (Å²) in [5, 5.41) is 0. The lowest BCUT2D eigenvalue weighted by atomic mass is 10.1. The topological polar surface area (TPSA) is 83.5 Å². The van der Waals surface area contributed by atoms with Crippen molar-refractivity contribution in [2.24, 2.45) is 0 Å². The van der Waals surface area contributed by atoms with Gasteiger partial charge in [0.2, 0.25) is 6.79 Å². The van der Waals surface area contributed by atoms with Crippen LogP contribution in [0.5, 0.6) is 11.5 Å². The van der Waals surface area contributed by atoms with E-state index in [-0.39, 0.29) is 31.4 Å². The number of methoxy groups -OCH3 is 2. The molecule has 23 heavy (non-hydrogen) atoms. The second kappa shape index (κ2) is 6.17. The molecule has 0 saturated carbocycles. The van der Waals surface area contributed by atoms with Gasteiger partial charge in [0, 0.05) is 11.8 Å². The van der Waals surface area contributed by atoms with E-state index < -0.39 is 11.9 Å². The van der Waals surface area contributed by atoms with Gasteiger partial charge in [-0.1, -0.05) is 0 Å². The molecule has 2 heterocycles. The third-order valence-electron chi connectivity index (χ3n) is 3.50. The van der Waals surface area contributed by atoms with Crippen LogP contribution < -0.4 is 14.4 Å². The molecular formula is C15H15NO7. The van der Waals surface area contributed by atoms with Gasteiger partial charge in [0.15, 0.2) is 11.5 Å². The number of nitrogens with zero attached hydrogens (tertiary/aromatic N) is 1. The van der Waals surface area contributed by atoms with Gasteiger partial charge < -0.3 is 28.6 Å². The fourth-order valence-corrected chi connectivity index (χ4v) is 2.40. The maximum absolute atomic E-state index is 12.2. The van der Waals surface area contributed by atoms with Gasteiger partial charge in [0.1, 0.15) is 12.4 Å². The van der Waals surface area contributed by atoms with E-state index in [9.17, 15) is 9.59 Å². The second-order valence-corrected chi connectivity index (χ2v) is 4.75. The van der Waals surface area contributed by atoms with Crippen LogP contribution in [0.25, 0.3) is 0 Å². The number of carbonyl (C=O) groups is 2. The molecule has 122 valence electrons. The first-order valence-electron chi connectivity index (χ1n) is 6.80. The van der Waals surface area contributed by atoms with Crippen LogP contribution in [-0.4, -0.2) is 46.3 Å². The van der Waals surface area contributed by atoms with Crippen LogP contribution in [0.4, 0.5) is 5.69 Å². The SMILES string of the molecule is COC(=O)C1=C(C(=O)OC)N(c2ccc3c(c2)OCO3)COC1. The molecule has 0 amide bonds. The fraction of sp³-hybridized carbons (Fsp3) is 0.333. The first-order valence-corrected chi connectivity index (χ1v) is 6.80. The van der Waals surface area contributed by atoms with Crippen molar-refractivity contribution in [1.29, 1.82) is 0 Å². The van der Waals surface area contributed by atoms with Crippen molar-refractivity contribution in [2.75, 3.05) is 39.3 Å². The third-order valence-corrected chi connectivity index (χ3v) is 3.50. The number of benzene rings is 1. The van der Waals surface area contributed by atoms with Gasteiger partial charge in [0.25, 0.3) is 0 Å². The average Bonchev–Trinajstić information content (AvgIpc) is 3.07. The first kappa shape index (κ1) is 15.2. The number of carbonyl (C=O) groups excluding carboxylic acids is 2. The summed E-state index contributed by atoms with van der Waals surface area (Å²) in [5.74, 6) is -0.123. The van der Waals surface area contributed by atoms with Crippen LogP contribution in [0.1, 0.15) is 0 Å². The molecule has 0 fully saturated rings. The molecule has 0 aromatic heterocycles. The molecule has 0 unspecified atom stereocenters. The summed E-state index contributed by atoms with van der Waals surface area (Å²) in [6.45, 7) is 0.200. The first-order chi connectivity index (χ1) is 11.2. The van der Waals surface area contributed by atoms with E-state index in [1.807, 2.05) is 0 Å². The molecule has 0 atom stereocenters. The summed E-state index contributed by atoms with van der Waals surface area (Å²) in [4.78, 5) is 25.6. The molecule has 3 rings (SSSR count). The highest BCUT2D eigenvalue weighted by atomic mass is 16.7. The molecule has 0 N–H and O–H groups in total. The number of ether oxygens (including phenoxy) is 5. The predicted octanol–water partition coefficient (Wildman–Crippen LogP) is 0.809. The summed E-state index contributed by atoms with van der Waals surface area (Å²) >= 11 is 0. The van der Waals surface area contributed by atoms with Crippen LogP contribution in [-0.2, 0) is 23.8 Å². The Morgan fingerprint density at radius 1 is 1.09 bits per heavy atom. The van der Waals surface area contributed by atoms with Crippen molar-refractivity contribution in [2.45, 2.75) is 0 Å². The number of esters is 2. The van der Waals surface area contributed by atoms with Crippen LogP contribution in [0.15, 0.2) is 29.5 Å². The van der Waals surface area contributed by atoms with Crippen LogP contribution in [0, 0.1) is 0 Å². The number of fused-ring (bicyclic) bond motifs is 1. The standard InChI is InChI=1S/C15H15NO7/c1-19-14(17)10-6-21-7-16(13(10)15(18)20-2)9-3-4-11-12(5-9)23-8-22-11/h3-5H,6-8H2,1-2H3. The molecule has 0 spiro atoms. The van der Waals surface area contributed by atoms with E-state index in [1.54, 1.807) is 18.2 Å². The monoisotopic (exact) mass is 321 g/mol. The Kier molecular flexibility index (Phi) is 4.07. The molecule has 2 aliphatic heterocycles. The normalized spacial score (nSPS) is 16.3. The zero-order valence-electron chi connectivity index (χ0n) is 12.7. The van der Waals surface area contributed by atoms with E-state index >= 15 is 0 Å². The predicted molar refractivity (Wildman–Crippen MR) is 76.9 cm³/mol. The highest BCUT2D eigenvalue weighted by Crippen LogP contribution is 2.37. The Hall–Kier alpha value is -2.74. The Morgan fingerprint density at radius 3 is 2.57 bits per heavy atom. The Bertz CT molecular complexity index is 682. The Balaban J connectivity index is 2.05. The van der Waals surface area contributed by atoms with E-state index in [0.717, 1.165) is 0 Å². The summed E-state index contributed by atoms with van der Waals surface area (Å²) in [6, 6.07) is 5.16. The minimum Gasteiger partial charge on any atom is -0.466 e.